The van der Waals surface area contributed by atoms with Crippen LogP contribution >= 0.6 is 0 Å². The number of rotatable bonds is 3. The fraction of sp³-hybridized carbons (Fsp3) is 0.571. The first-order valence-corrected chi connectivity index (χ1v) is 6.08. The summed E-state index contributed by atoms with van der Waals surface area (Å²) in [4.78, 5) is 0. The molecule has 0 bridgehead atoms. The minimum absolute atomic E-state index is 0.212. The van der Waals surface area contributed by atoms with Crippen molar-refractivity contribution in [2.75, 3.05) is 6.61 Å². The number of para-hydroxylation sites is 1. The van der Waals surface area contributed by atoms with E-state index in [4.69, 9.17) is 4.74 Å². The van der Waals surface area contributed by atoms with Crippen molar-refractivity contribution in [1.82, 2.24) is 0 Å². The first-order chi connectivity index (χ1) is 7.68. The molecule has 2 heteroatoms. The van der Waals surface area contributed by atoms with Crippen molar-refractivity contribution in [1.29, 1.82) is 0 Å². The van der Waals surface area contributed by atoms with Gasteiger partial charge in [-0.25, -0.2) is 0 Å². The van der Waals surface area contributed by atoms with E-state index >= 15 is 0 Å². The number of aliphatic hydroxyl groups excluding tert-OH is 1. The third kappa shape index (κ3) is 2.38. The van der Waals surface area contributed by atoms with Crippen molar-refractivity contribution >= 4 is 0 Å². The standard InChI is InChI=1S/C14H20O2/c1-10(2)13(15)9-11-7-8-16-14-6-4-3-5-12(11)14/h3-6,10-11,13,15H,7-9H2,1-2H3. The molecule has 1 aliphatic heterocycles. The zero-order chi connectivity index (χ0) is 11.5. The molecule has 0 saturated carbocycles. The van der Waals surface area contributed by atoms with Crippen LogP contribution in [0.15, 0.2) is 24.3 Å². The maximum Gasteiger partial charge on any atom is 0.122 e. The topological polar surface area (TPSA) is 29.5 Å². The van der Waals surface area contributed by atoms with Crippen molar-refractivity contribution in [3.05, 3.63) is 29.8 Å². The van der Waals surface area contributed by atoms with Crippen molar-refractivity contribution < 1.29 is 9.84 Å². The SMILES string of the molecule is CC(C)C(O)CC1CCOc2ccccc21. The summed E-state index contributed by atoms with van der Waals surface area (Å²) in [6.45, 7) is 4.90. The summed E-state index contributed by atoms with van der Waals surface area (Å²) < 4.78 is 5.61. The van der Waals surface area contributed by atoms with Crippen LogP contribution in [-0.4, -0.2) is 17.8 Å². The van der Waals surface area contributed by atoms with E-state index in [1.165, 1.54) is 5.56 Å². The molecule has 0 radical (unpaired) electrons. The number of ether oxygens (including phenoxy) is 1. The molecule has 0 amide bonds. The monoisotopic (exact) mass is 220 g/mol. The third-order valence-electron chi connectivity index (χ3n) is 3.38. The fourth-order valence-corrected chi connectivity index (χ4v) is 2.22. The Kier molecular flexibility index (Phi) is 3.49. The van der Waals surface area contributed by atoms with E-state index in [1.807, 2.05) is 18.2 Å². The van der Waals surface area contributed by atoms with E-state index < -0.39 is 0 Å². The summed E-state index contributed by atoms with van der Waals surface area (Å²) in [5.74, 6) is 1.77. The lowest BCUT2D eigenvalue weighted by molar-refractivity contribution is 0.101. The number of benzene rings is 1. The molecule has 1 aliphatic rings. The number of hydrogen-bond acceptors (Lipinski definition) is 2. The fourth-order valence-electron chi connectivity index (χ4n) is 2.22. The van der Waals surface area contributed by atoms with Gasteiger partial charge in [0.05, 0.1) is 12.7 Å². The van der Waals surface area contributed by atoms with Crippen molar-refractivity contribution in [3.63, 3.8) is 0 Å². The Morgan fingerprint density at radius 3 is 2.88 bits per heavy atom. The largest absolute Gasteiger partial charge is 0.493 e. The molecule has 1 heterocycles. The molecule has 0 saturated heterocycles. The van der Waals surface area contributed by atoms with Gasteiger partial charge in [-0.15, -0.1) is 0 Å². The van der Waals surface area contributed by atoms with Crippen LogP contribution in [0.3, 0.4) is 0 Å². The minimum atomic E-state index is -0.212. The van der Waals surface area contributed by atoms with E-state index in [2.05, 4.69) is 19.9 Å². The smallest absolute Gasteiger partial charge is 0.122 e. The maximum absolute atomic E-state index is 9.96. The zero-order valence-electron chi connectivity index (χ0n) is 10.0. The van der Waals surface area contributed by atoms with Crippen LogP contribution in [0.1, 0.15) is 38.2 Å². The summed E-state index contributed by atoms with van der Waals surface area (Å²) in [6, 6.07) is 8.18. The zero-order valence-corrected chi connectivity index (χ0v) is 10.0. The molecule has 2 atom stereocenters. The molecule has 2 unspecified atom stereocenters. The Labute approximate surface area is 97.3 Å². The molecule has 0 fully saturated rings. The Morgan fingerprint density at radius 2 is 2.12 bits per heavy atom. The first-order valence-electron chi connectivity index (χ1n) is 6.08. The predicted molar refractivity (Wildman–Crippen MR) is 64.8 cm³/mol. The van der Waals surface area contributed by atoms with Gasteiger partial charge in [0.2, 0.25) is 0 Å². The Balaban J connectivity index is 2.13. The summed E-state index contributed by atoms with van der Waals surface area (Å²) in [7, 11) is 0. The van der Waals surface area contributed by atoms with Crippen LogP contribution in [0.5, 0.6) is 5.75 Å². The highest BCUT2D eigenvalue weighted by molar-refractivity contribution is 5.37. The molecule has 1 aromatic rings. The normalized spacial score (nSPS) is 21.4. The van der Waals surface area contributed by atoms with Crippen LogP contribution in [-0.2, 0) is 0 Å². The van der Waals surface area contributed by atoms with E-state index in [-0.39, 0.29) is 6.10 Å². The average molecular weight is 220 g/mol. The molecule has 1 aromatic carbocycles. The molecular weight excluding hydrogens is 200 g/mol. The molecule has 2 rings (SSSR count). The quantitative estimate of drug-likeness (QED) is 0.848. The molecule has 0 aliphatic carbocycles. The number of fused-ring (bicyclic) bond motifs is 1. The van der Waals surface area contributed by atoms with Crippen molar-refractivity contribution in [2.24, 2.45) is 5.92 Å². The predicted octanol–water partition coefficient (Wildman–Crippen LogP) is 2.96. The molecule has 16 heavy (non-hydrogen) atoms. The van der Waals surface area contributed by atoms with Gasteiger partial charge < -0.3 is 9.84 Å². The van der Waals surface area contributed by atoms with Gasteiger partial charge >= 0.3 is 0 Å². The van der Waals surface area contributed by atoms with Gasteiger partial charge in [0.1, 0.15) is 5.75 Å². The van der Waals surface area contributed by atoms with Crippen LogP contribution in [0.4, 0.5) is 0 Å². The number of aliphatic hydroxyl groups is 1. The lowest BCUT2D eigenvalue weighted by Crippen LogP contribution is -2.22. The number of hydrogen-bond donors (Lipinski definition) is 1. The van der Waals surface area contributed by atoms with Gasteiger partial charge in [-0.1, -0.05) is 32.0 Å². The molecular formula is C14H20O2. The molecule has 88 valence electrons. The Hall–Kier alpha value is -1.02. The van der Waals surface area contributed by atoms with Crippen LogP contribution < -0.4 is 4.74 Å². The van der Waals surface area contributed by atoms with E-state index in [1.54, 1.807) is 0 Å². The van der Waals surface area contributed by atoms with Crippen LogP contribution in [0.2, 0.25) is 0 Å². The lowest BCUT2D eigenvalue weighted by atomic mass is 9.86. The first kappa shape index (κ1) is 11.5. The van der Waals surface area contributed by atoms with Gasteiger partial charge in [-0.05, 0) is 36.3 Å². The minimum Gasteiger partial charge on any atom is -0.493 e. The summed E-state index contributed by atoms with van der Waals surface area (Å²) in [6.07, 6.45) is 1.65. The summed E-state index contributed by atoms with van der Waals surface area (Å²) in [5.41, 5.74) is 1.26. The molecule has 0 aromatic heterocycles. The highest BCUT2D eigenvalue weighted by atomic mass is 16.5. The van der Waals surface area contributed by atoms with Crippen molar-refractivity contribution in [2.45, 2.75) is 38.7 Å². The third-order valence-corrected chi connectivity index (χ3v) is 3.38. The maximum atomic E-state index is 9.96. The van der Waals surface area contributed by atoms with Crippen LogP contribution in [0.25, 0.3) is 0 Å². The summed E-state index contributed by atoms with van der Waals surface area (Å²) in [5, 5.41) is 9.96. The van der Waals surface area contributed by atoms with Gasteiger partial charge in [0.15, 0.2) is 0 Å². The van der Waals surface area contributed by atoms with E-state index in [9.17, 15) is 5.11 Å². The van der Waals surface area contributed by atoms with Crippen LogP contribution in [0, 0.1) is 5.92 Å². The van der Waals surface area contributed by atoms with Crippen molar-refractivity contribution in [3.8, 4) is 5.75 Å². The average Bonchev–Trinajstić information content (AvgIpc) is 2.29. The van der Waals surface area contributed by atoms with Gasteiger partial charge in [0, 0.05) is 0 Å². The van der Waals surface area contributed by atoms with Gasteiger partial charge in [0.25, 0.3) is 0 Å². The Bertz CT molecular complexity index is 346. The second-order valence-corrected chi connectivity index (χ2v) is 4.92. The van der Waals surface area contributed by atoms with E-state index in [0.717, 1.165) is 25.2 Å². The molecule has 2 nitrogen and oxygen atoms in total. The second kappa shape index (κ2) is 4.88. The Morgan fingerprint density at radius 1 is 1.38 bits per heavy atom. The summed E-state index contributed by atoms with van der Waals surface area (Å²) >= 11 is 0. The lowest BCUT2D eigenvalue weighted by Gasteiger charge is -2.28. The molecule has 0 spiro atoms. The highest BCUT2D eigenvalue weighted by Gasteiger charge is 2.24. The van der Waals surface area contributed by atoms with Gasteiger partial charge in [-0.2, -0.15) is 0 Å². The second-order valence-electron chi connectivity index (χ2n) is 4.92. The highest BCUT2D eigenvalue weighted by Crippen LogP contribution is 2.36. The molecule has 1 N–H and O–H groups in total. The van der Waals surface area contributed by atoms with Gasteiger partial charge in [-0.3, -0.25) is 0 Å². The van der Waals surface area contributed by atoms with E-state index in [0.29, 0.717) is 11.8 Å².